The van der Waals surface area contributed by atoms with E-state index in [0.717, 1.165) is 18.1 Å². The molecule has 0 amide bonds. The Morgan fingerprint density at radius 1 is 1.59 bits per heavy atom. The minimum absolute atomic E-state index is 0.315. The minimum atomic E-state index is -0.482. The maximum atomic E-state index is 11.4. The number of hydrogen-bond acceptors (Lipinski definition) is 5. The van der Waals surface area contributed by atoms with E-state index in [9.17, 15) is 4.79 Å². The van der Waals surface area contributed by atoms with Crippen molar-refractivity contribution in [1.82, 2.24) is 4.90 Å². The van der Waals surface area contributed by atoms with Crippen LogP contribution in [-0.4, -0.2) is 43.8 Å². The standard InChI is InChI=1S/C12H17NO4/c1-9-3-4-10(17-9)7-13-5-6-16-11(8-13)12(14)15-2/h3-4,11H,5-8H2,1-2H3. The van der Waals surface area contributed by atoms with Crippen LogP contribution in [0.25, 0.3) is 0 Å². The zero-order valence-electron chi connectivity index (χ0n) is 10.1. The first-order valence-corrected chi connectivity index (χ1v) is 5.66. The summed E-state index contributed by atoms with van der Waals surface area (Å²) in [6.45, 7) is 4.50. The van der Waals surface area contributed by atoms with Gasteiger partial charge in [0.2, 0.25) is 0 Å². The highest BCUT2D eigenvalue weighted by atomic mass is 16.6. The number of carbonyl (C=O) groups excluding carboxylic acids is 1. The summed E-state index contributed by atoms with van der Waals surface area (Å²) >= 11 is 0. The van der Waals surface area contributed by atoms with Gasteiger partial charge in [0, 0.05) is 13.1 Å². The van der Waals surface area contributed by atoms with Crippen molar-refractivity contribution in [3.05, 3.63) is 23.7 Å². The number of morpholine rings is 1. The fourth-order valence-corrected chi connectivity index (χ4v) is 1.91. The van der Waals surface area contributed by atoms with Gasteiger partial charge in [0.25, 0.3) is 0 Å². The third kappa shape index (κ3) is 3.08. The molecule has 0 spiro atoms. The predicted octanol–water partition coefficient (Wildman–Crippen LogP) is 0.962. The van der Waals surface area contributed by atoms with Crippen LogP contribution in [0.5, 0.6) is 0 Å². The summed E-state index contributed by atoms with van der Waals surface area (Å²) in [5.74, 6) is 1.50. The molecule has 0 aromatic carbocycles. The van der Waals surface area contributed by atoms with Crippen molar-refractivity contribution in [2.45, 2.75) is 19.6 Å². The Labute approximate surface area is 100 Å². The molecule has 0 aliphatic carbocycles. The second kappa shape index (κ2) is 5.33. The van der Waals surface area contributed by atoms with Crippen LogP contribution in [-0.2, 0) is 20.8 Å². The van der Waals surface area contributed by atoms with Crippen molar-refractivity contribution in [2.24, 2.45) is 0 Å². The Morgan fingerprint density at radius 2 is 2.41 bits per heavy atom. The lowest BCUT2D eigenvalue weighted by Crippen LogP contribution is -2.45. The van der Waals surface area contributed by atoms with Crippen LogP contribution in [0.4, 0.5) is 0 Å². The molecule has 1 atom stereocenters. The minimum Gasteiger partial charge on any atom is -0.467 e. The second-order valence-corrected chi connectivity index (χ2v) is 4.13. The van der Waals surface area contributed by atoms with Gasteiger partial charge in [0.15, 0.2) is 6.10 Å². The summed E-state index contributed by atoms with van der Waals surface area (Å²) in [6, 6.07) is 3.89. The number of furan rings is 1. The summed E-state index contributed by atoms with van der Waals surface area (Å²) in [5, 5.41) is 0. The van der Waals surface area contributed by atoms with Gasteiger partial charge in [0.05, 0.1) is 20.3 Å². The molecule has 0 bridgehead atoms. The zero-order valence-corrected chi connectivity index (χ0v) is 10.1. The maximum absolute atomic E-state index is 11.4. The van der Waals surface area contributed by atoms with Gasteiger partial charge in [-0.05, 0) is 19.1 Å². The lowest BCUT2D eigenvalue weighted by Gasteiger charge is -2.30. The van der Waals surface area contributed by atoms with Crippen LogP contribution in [0.2, 0.25) is 0 Å². The van der Waals surface area contributed by atoms with E-state index >= 15 is 0 Å². The van der Waals surface area contributed by atoms with Gasteiger partial charge in [-0.25, -0.2) is 4.79 Å². The van der Waals surface area contributed by atoms with Gasteiger partial charge in [-0.3, -0.25) is 4.90 Å². The van der Waals surface area contributed by atoms with Gasteiger partial charge in [-0.2, -0.15) is 0 Å². The lowest BCUT2D eigenvalue weighted by atomic mass is 10.2. The molecule has 2 rings (SSSR count). The molecule has 17 heavy (non-hydrogen) atoms. The van der Waals surface area contributed by atoms with E-state index in [1.54, 1.807) is 0 Å². The van der Waals surface area contributed by atoms with E-state index in [0.29, 0.717) is 19.7 Å². The molecule has 5 nitrogen and oxygen atoms in total. The summed E-state index contributed by atoms with van der Waals surface area (Å²) in [4.78, 5) is 13.5. The first kappa shape index (κ1) is 12.1. The van der Waals surface area contributed by atoms with Crippen LogP contribution in [0.3, 0.4) is 0 Å². The number of ether oxygens (including phenoxy) is 2. The number of aryl methyl sites for hydroxylation is 1. The van der Waals surface area contributed by atoms with Gasteiger partial charge >= 0.3 is 5.97 Å². The van der Waals surface area contributed by atoms with Crippen LogP contribution in [0.1, 0.15) is 11.5 Å². The number of rotatable bonds is 3. The van der Waals surface area contributed by atoms with Crippen molar-refractivity contribution in [1.29, 1.82) is 0 Å². The number of nitrogens with zero attached hydrogens (tertiary/aromatic N) is 1. The molecule has 1 aromatic rings. The monoisotopic (exact) mass is 239 g/mol. The highest BCUT2D eigenvalue weighted by molar-refractivity contribution is 5.74. The van der Waals surface area contributed by atoms with Crippen molar-refractivity contribution in [3.63, 3.8) is 0 Å². The molecule has 94 valence electrons. The zero-order chi connectivity index (χ0) is 12.3. The summed E-state index contributed by atoms with van der Waals surface area (Å²) in [6.07, 6.45) is -0.482. The average molecular weight is 239 g/mol. The van der Waals surface area contributed by atoms with Crippen molar-refractivity contribution in [3.8, 4) is 0 Å². The van der Waals surface area contributed by atoms with E-state index in [1.165, 1.54) is 7.11 Å². The molecular weight excluding hydrogens is 222 g/mol. The highest BCUT2D eigenvalue weighted by Crippen LogP contribution is 2.13. The Balaban J connectivity index is 1.91. The van der Waals surface area contributed by atoms with Gasteiger partial charge in [0.1, 0.15) is 11.5 Å². The molecule has 5 heteroatoms. The molecule has 1 aromatic heterocycles. The van der Waals surface area contributed by atoms with Crippen LogP contribution < -0.4 is 0 Å². The Morgan fingerprint density at radius 3 is 3.06 bits per heavy atom. The second-order valence-electron chi connectivity index (χ2n) is 4.13. The van der Waals surface area contributed by atoms with E-state index < -0.39 is 6.10 Å². The van der Waals surface area contributed by atoms with Gasteiger partial charge < -0.3 is 13.9 Å². The topological polar surface area (TPSA) is 51.9 Å². The smallest absolute Gasteiger partial charge is 0.336 e. The highest BCUT2D eigenvalue weighted by Gasteiger charge is 2.27. The molecule has 0 saturated carbocycles. The third-order valence-electron chi connectivity index (χ3n) is 2.79. The van der Waals surface area contributed by atoms with E-state index in [4.69, 9.17) is 9.15 Å². The van der Waals surface area contributed by atoms with Crippen molar-refractivity contribution < 1.29 is 18.7 Å². The Bertz CT molecular complexity index is 388. The Kier molecular flexibility index (Phi) is 3.81. The number of carbonyl (C=O) groups is 1. The van der Waals surface area contributed by atoms with E-state index in [1.807, 2.05) is 19.1 Å². The maximum Gasteiger partial charge on any atom is 0.336 e. The number of methoxy groups -OCH3 is 1. The van der Waals surface area contributed by atoms with Crippen LogP contribution >= 0.6 is 0 Å². The quantitative estimate of drug-likeness (QED) is 0.735. The summed E-state index contributed by atoms with van der Waals surface area (Å²) < 4.78 is 15.5. The summed E-state index contributed by atoms with van der Waals surface area (Å²) in [7, 11) is 1.38. The first-order valence-electron chi connectivity index (χ1n) is 5.66. The molecule has 2 heterocycles. The van der Waals surface area contributed by atoms with E-state index in [-0.39, 0.29) is 5.97 Å². The lowest BCUT2D eigenvalue weighted by molar-refractivity contribution is -0.160. The first-order chi connectivity index (χ1) is 8.19. The molecule has 1 saturated heterocycles. The fraction of sp³-hybridized carbons (Fsp3) is 0.583. The van der Waals surface area contributed by atoms with Crippen LogP contribution in [0, 0.1) is 6.92 Å². The molecule has 1 unspecified atom stereocenters. The fourth-order valence-electron chi connectivity index (χ4n) is 1.91. The van der Waals surface area contributed by atoms with Gasteiger partial charge in [-0.1, -0.05) is 0 Å². The molecule has 0 N–H and O–H groups in total. The Hall–Kier alpha value is -1.33. The molecule has 1 aliphatic rings. The largest absolute Gasteiger partial charge is 0.467 e. The third-order valence-corrected chi connectivity index (χ3v) is 2.79. The van der Waals surface area contributed by atoms with Crippen molar-refractivity contribution >= 4 is 5.97 Å². The normalized spacial score (nSPS) is 21.4. The SMILES string of the molecule is COC(=O)C1CN(Cc2ccc(C)o2)CCO1. The average Bonchev–Trinajstić information content (AvgIpc) is 2.74. The molecule has 0 radical (unpaired) electrons. The predicted molar refractivity (Wildman–Crippen MR) is 60.5 cm³/mol. The van der Waals surface area contributed by atoms with E-state index in [2.05, 4.69) is 9.64 Å². The number of hydrogen-bond donors (Lipinski definition) is 0. The number of esters is 1. The molecule has 1 fully saturated rings. The van der Waals surface area contributed by atoms with Crippen molar-refractivity contribution in [2.75, 3.05) is 26.8 Å². The summed E-state index contributed by atoms with van der Waals surface area (Å²) in [5.41, 5.74) is 0. The van der Waals surface area contributed by atoms with Gasteiger partial charge in [-0.15, -0.1) is 0 Å². The molecular formula is C12H17NO4. The van der Waals surface area contributed by atoms with Crippen LogP contribution in [0.15, 0.2) is 16.5 Å². The molecule has 1 aliphatic heterocycles.